The average molecular weight is 445 g/mol. The molecule has 0 saturated heterocycles. The molecule has 31 heavy (non-hydrogen) atoms. The van der Waals surface area contributed by atoms with Crippen molar-refractivity contribution in [3.63, 3.8) is 0 Å². The van der Waals surface area contributed by atoms with Crippen LogP contribution in [0, 0.1) is 0 Å². The van der Waals surface area contributed by atoms with Crippen LogP contribution in [-0.2, 0) is 21.4 Å². The minimum Gasteiger partial charge on any atom is -0.480 e. The van der Waals surface area contributed by atoms with E-state index in [1.54, 1.807) is 24.4 Å². The van der Waals surface area contributed by atoms with Crippen molar-refractivity contribution in [2.45, 2.75) is 17.5 Å². The summed E-state index contributed by atoms with van der Waals surface area (Å²) in [6.45, 7) is -0.0138. The number of nitrogens with one attached hydrogen (secondary N) is 2. The Morgan fingerprint density at radius 2 is 1.81 bits per heavy atom. The first-order chi connectivity index (χ1) is 14.7. The number of aliphatic carboxylic acids is 1. The van der Waals surface area contributed by atoms with Crippen LogP contribution >= 0.6 is 0 Å². The number of amides is 1. The molecule has 1 amide bonds. The fourth-order valence-corrected chi connectivity index (χ4v) is 4.09. The number of rotatable bonds is 8. The number of sulfonamides is 1. The molecule has 3 rings (SSSR count). The lowest BCUT2D eigenvalue weighted by Gasteiger charge is -2.16. The van der Waals surface area contributed by atoms with Crippen LogP contribution in [0.5, 0.6) is 0 Å². The standard InChI is InChI=1S/C20H20N4O6S/c21-10-13-6-7-15-8-14(9-18(25)24(15)12-13)19(26)22-11-17(20(27)28)23-31(29,30)16-4-2-1-3-5-16/h1-9,12,17,23H,10-11,21H2,(H,22,26)(H,27,28)/p+1. The fraction of sp³-hybridized carbons (Fsp3) is 0.150. The van der Waals surface area contributed by atoms with Crippen molar-refractivity contribution < 1.29 is 28.8 Å². The molecule has 0 bridgehead atoms. The van der Waals surface area contributed by atoms with Crippen LogP contribution in [0.1, 0.15) is 15.9 Å². The first-order valence-electron chi connectivity index (χ1n) is 9.24. The molecule has 11 heteroatoms. The van der Waals surface area contributed by atoms with Crippen molar-refractivity contribution >= 4 is 27.4 Å². The highest BCUT2D eigenvalue weighted by atomic mass is 32.2. The predicted molar refractivity (Wildman–Crippen MR) is 111 cm³/mol. The van der Waals surface area contributed by atoms with Crippen molar-refractivity contribution in [2.24, 2.45) is 0 Å². The molecule has 0 fully saturated rings. The molecule has 1 atom stereocenters. The molecule has 0 aliphatic carbocycles. The van der Waals surface area contributed by atoms with E-state index in [1.165, 1.54) is 34.7 Å². The highest BCUT2D eigenvalue weighted by Gasteiger charge is 2.26. The smallest absolute Gasteiger partial charge is 0.323 e. The van der Waals surface area contributed by atoms with Crippen LogP contribution < -0.4 is 21.3 Å². The molecule has 0 saturated carbocycles. The molecule has 3 aromatic rings. The topological polar surface area (TPSA) is 162 Å². The number of carbonyl (C=O) groups excluding carboxylic acids is 1. The van der Waals surface area contributed by atoms with Crippen LogP contribution in [-0.4, -0.2) is 42.4 Å². The third kappa shape index (κ3) is 5.15. The number of carboxylic acid groups (broad SMARTS) is 1. The maximum atomic E-state index is 12.5. The van der Waals surface area contributed by atoms with Gasteiger partial charge in [-0.3, -0.25) is 18.8 Å². The Labute approximate surface area is 177 Å². The van der Waals surface area contributed by atoms with E-state index in [1.807, 2.05) is 0 Å². The zero-order valence-electron chi connectivity index (χ0n) is 16.3. The third-order valence-electron chi connectivity index (χ3n) is 4.53. The SMILES string of the molecule is [NH3+]Cc1ccc2cc(C(=O)NCC(NS(=O)(=O)c3ccccc3)C(=O)O)cc(=O)n2c1. The minimum atomic E-state index is -4.10. The predicted octanol–water partition coefficient (Wildman–Crippen LogP) is -0.797. The fourth-order valence-electron chi connectivity index (χ4n) is 2.88. The van der Waals surface area contributed by atoms with Gasteiger partial charge >= 0.3 is 5.97 Å². The van der Waals surface area contributed by atoms with E-state index >= 15 is 0 Å². The minimum absolute atomic E-state index is 0.0300. The van der Waals surface area contributed by atoms with Crippen molar-refractivity contribution in [1.82, 2.24) is 14.4 Å². The molecular formula is C20H21N4O6S+. The van der Waals surface area contributed by atoms with E-state index in [4.69, 9.17) is 0 Å². The van der Waals surface area contributed by atoms with Gasteiger partial charge in [0.2, 0.25) is 10.0 Å². The number of fused-ring (bicyclic) bond motifs is 1. The van der Waals surface area contributed by atoms with Gasteiger partial charge in [0, 0.05) is 35.5 Å². The highest BCUT2D eigenvalue weighted by molar-refractivity contribution is 7.89. The number of carboxylic acids is 1. The molecule has 0 radical (unpaired) electrons. The summed E-state index contributed by atoms with van der Waals surface area (Å²) in [6.07, 6.45) is 1.63. The summed E-state index contributed by atoms with van der Waals surface area (Å²) in [6, 6.07) is 11.7. The second-order valence-electron chi connectivity index (χ2n) is 6.70. The van der Waals surface area contributed by atoms with Gasteiger partial charge < -0.3 is 16.2 Å². The number of quaternary nitrogens is 1. The average Bonchev–Trinajstić information content (AvgIpc) is 2.76. The summed E-state index contributed by atoms with van der Waals surface area (Å²) in [5, 5.41) is 11.7. The lowest BCUT2D eigenvalue weighted by molar-refractivity contribution is -0.386. The Bertz CT molecular complexity index is 1290. The Morgan fingerprint density at radius 1 is 1.10 bits per heavy atom. The Hall–Kier alpha value is -3.54. The molecule has 2 heterocycles. The summed E-state index contributed by atoms with van der Waals surface area (Å²) in [4.78, 5) is 36.2. The van der Waals surface area contributed by atoms with E-state index in [-0.39, 0.29) is 10.5 Å². The van der Waals surface area contributed by atoms with E-state index < -0.39 is 40.0 Å². The highest BCUT2D eigenvalue weighted by Crippen LogP contribution is 2.09. The summed E-state index contributed by atoms with van der Waals surface area (Å²) >= 11 is 0. The van der Waals surface area contributed by atoms with Gasteiger partial charge in [0.05, 0.1) is 4.90 Å². The number of hydrogen-bond acceptors (Lipinski definition) is 5. The molecule has 0 spiro atoms. The van der Waals surface area contributed by atoms with E-state index in [9.17, 15) is 27.9 Å². The molecule has 0 aliphatic heterocycles. The number of nitrogens with zero attached hydrogens (tertiary/aromatic N) is 1. The summed E-state index contributed by atoms with van der Waals surface area (Å²) < 4.78 is 28.2. The van der Waals surface area contributed by atoms with Crippen LogP contribution in [0.15, 0.2) is 70.5 Å². The van der Waals surface area contributed by atoms with Gasteiger partial charge in [0.25, 0.3) is 11.5 Å². The van der Waals surface area contributed by atoms with Gasteiger partial charge in [0.15, 0.2) is 0 Å². The normalized spacial score (nSPS) is 12.4. The molecule has 0 aliphatic rings. The summed E-state index contributed by atoms with van der Waals surface area (Å²) in [5.74, 6) is -2.16. The van der Waals surface area contributed by atoms with Gasteiger partial charge in [-0.1, -0.05) is 18.2 Å². The zero-order chi connectivity index (χ0) is 22.6. The second kappa shape index (κ2) is 9.08. The molecule has 2 aromatic heterocycles. The van der Waals surface area contributed by atoms with Gasteiger partial charge in [0.1, 0.15) is 12.6 Å². The summed E-state index contributed by atoms with van der Waals surface area (Å²) in [5.41, 5.74) is 4.69. The van der Waals surface area contributed by atoms with Gasteiger partial charge in [-0.05, 0) is 30.3 Å². The largest absolute Gasteiger partial charge is 0.480 e. The maximum Gasteiger partial charge on any atom is 0.323 e. The van der Waals surface area contributed by atoms with Crippen molar-refractivity contribution in [3.05, 3.63) is 82.3 Å². The molecule has 6 N–H and O–H groups in total. The van der Waals surface area contributed by atoms with Crippen LogP contribution in [0.25, 0.3) is 5.52 Å². The van der Waals surface area contributed by atoms with Gasteiger partial charge in [-0.2, -0.15) is 4.72 Å². The van der Waals surface area contributed by atoms with Crippen LogP contribution in [0.3, 0.4) is 0 Å². The van der Waals surface area contributed by atoms with Gasteiger partial charge in [-0.15, -0.1) is 0 Å². The van der Waals surface area contributed by atoms with Crippen molar-refractivity contribution in [1.29, 1.82) is 0 Å². The monoisotopic (exact) mass is 445 g/mol. The summed E-state index contributed by atoms with van der Waals surface area (Å²) in [7, 11) is -4.10. The lowest BCUT2D eigenvalue weighted by atomic mass is 10.2. The molecule has 10 nitrogen and oxygen atoms in total. The second-order valence-corrected chi connectivity index (χ2v) is 8.41. The number of benzene rings is 1. The first kappa shape index (κ1) is 22.2. The molecule has 162 valence electrons. The van der Waals surface area contributed by atoms with E-state index in [0.717, 1.165) is 11.6 Å². The number of carbonyl (C=O) groups is 2. The Balaban J connectivity index is 1.76. The molecule has 1 unspecified atom stereocenters. The van der Waals surface area contributed by atoms with Crippen molar-refractivity contribution in [3.8, 4) is 0 Å². The molecular weight excluding hydrogens is 424 g/mol. The van der Waals surface area contributed by atoms with E-state index in [2.05, 4.69) is 15.8 Å². The quantitative estimate of drug-likeness (QED) is 0.355. The zero-order valence-corrected chi connectivity index (χ0v) is 17.1. The van der Waals surface area contributed by atoms with Crippen LogP contribution in [0.2, 0.25) is 0 Å². The van der Waals surface area contributed by atoms with Crippen molar-refractivity contribution in [2.75, 3.05) is 6.54 Å². The number of pyridine rings is 2. The Kier molecular flexibility index (Phi) is 6.49. The first-order valence-corrected chi connectivity index (χ1v) is 10.7. The maximum absolute atomic E-state index is 12.5. The third-order valence-corrected chi connectivity index (χ3v) is 6.02. The lowest BCUT2D eigenvalue weighted by Crippen LogP contribution is -2.48. The van der Waals surface area contributed by atoms with E-state index in [0.29, 0.717) is 12.1 Å². The molecule has 1 aromatic carbocycles. The Morgan fingerprint density at radius 3 is 2.45 bits per heavy atom. The number of aromatic nitrogens is 1. The van der Waals surface area contributed by atoms with Crippen LogP contribution in [0.4, 0.5) is 0 Å². The van der Waals surface area contributed by atoms with Gasteiger partial charge in [-0.25, -0.2) is 8.42 Å². The number of hydrogen-bond donors (Lipinski definition) is 4.